The van der Waals surface area contributed by atoms with Crippen molar-refractivity contribution in [1.82, 2.24) is 0 Å². The fourth-order valence-corrected chi connectivity index (χ4v) is 2.07. The molecule has 0 atom stereocenters. The number of hydrogen-bond donors (Lipinski definition) is 1. The van der Waals surface area contributed by atoms with Crippen molar-refractivity contribution in [2.45, 2.75) is 32.1 Å². The van der Waals surface area contributed by atoms with Crippen molar-refractivity contribution in [1.29, 1.82) is 0 Å². The van der Waals surface area contributed by atoms with E-state index < -0.39 is 0 Å². The molecule has 0 aromatic heterocycles. The van der Waals surface area contributed by atoms with Crippen LogP contribution in [0.15, 0.2) is 4.99 Å². The summed E-state index contributed by atoms with van der Waals surface area (Å²) in [5.41, 5.74) is 5.93. The molecule has 0 unspecified atom stereocenters. The minimum absolute atomic E-state index is 0.593. The van der Waals surface area contributed by atoms with Crippen LogP contribution in [-0.2, 0) is 0 Å². The largest absolute Gasteiger partial charge is 0.387 e. The van der Waals surface area contributed by atoms with E-state index in [0.29, 0.717) is 5.92 Å². The third-order valence-corrected chi connectivity index (χ3v) is 3.20. The molecule has 1 saturated carbocycles. The molecule has 2 N–H and O–H groups in total. The van der Waals surface area contributed by atoms with Crippen LogP contribution in [0, 0.1) is 5.92 Å². The van der Waals surface area contributed by atoms with Crippen LogP contribution in [0.25, 0.3) is 0 Å². The number of aliphatic imine (C=N–C) groups is 1. The zero-order chi connectivity index (χ0) is 9.52. The minimum Gasteiger partial charge on any atom is -0.387 e. The molecular weight excluding hydrogens is 180 g/mol. The fraction of sp³-hybridized carbons (Fsp3) is 0.900. The van der Waals surface area contributed by atoms with E-state index in [1.54, 1.807) is 0 Å². The Kier molecular flexibility index (Phi) is 5.28. The molecule has 0 radical (unpaired) electrons. The Morgan fingerprint density at radius 3 is 2.69 bits per heavy atom. The van der Waals surface area contributed by atoms with E-state index in [1.165, 1.54) is 32.1 Å². The molecule has 0 spiro atoms. The molecule has 76 valence electrons. The topological polar surface area (TPSA) is 38.4 Å². The van der Waals surface area contributed by atoms with E-state index >= 15 is 0 Å². The van der Waals surface area contributed by atoms with Crippen LogP contribution in [0.5, 0.6) is 0 Å². The first kappa shape index (κ1) is 10.9. The Hall–Kier alpha value is -0.180. The second kappa shape index (κ2) is 6.30. The van der Waals surface area contributed by atoms with Crippen LogP contribution >= 0.6 is 11.8 Å². The lowest BCUT2D eigenvalue weighted by atomic mass is 9.88. The van der Waals surface area contributed by atoms with Crippen LogP contribution in [0.3, 0.4) is 0 Å². The summed E-state index contributed by atoms with van der Waals surface area (Å²) in [7, 11) is 0. The van der Waals surface area contributed by atoms with Crippen LogP contribution < -0.4 is 5.73 Å². The van der Waals surface area contributed by atoms with Crippen LogP contribution in [0.2, 0.25) is 0 Å². The van der Waals surface area contributed by atoms with Crippen molar-refractivity contribution in [2.75, 3.05) is 18.6 Å². The van der Waals surface area contributed by atoms with Crippen molar-refractivity contribution >= 4 is 17.6 Å². The Balaban J connectivity index is 2.27. The van der Waals surface area contributed by atoms with Crippen molar-refractivity contribution in [3.63, 3.8) is 0 Å². The van der Waals surface area contributed by atoms with Gasteiger partial charge in [-0.2, -0.15) is 11.8 Å². The minimum atomic E-state index is 0.593. The van der Waals surface area contributed by atoms with Gasteiger partial charge in [0.1, 0.15) is 0 Å². The van der Waals surface area contributed by atoms with Gasteiger partial charge in [-0.15, -0.1) is 0 Å². The van der Waals surface area contributed by atoms with Crippen molar-refractivity contribution in [3.05, 3.63) is 0 Å². The van der Waals surface area contributed by atoms with Gasteiger partial charge in [-0.05, 0) is 19.1 Å². The fourth-order valence-electron chi connectivity index (χ4n) is 1.79. The highest BCUT2D eigenvalue weighted by Gasteiger charge is 2.16. The van der Waals surface area contributed by atoms with E-state index in [0.717, 1.165) is 18.1 Å². The molecule has 0 amide bonds. The molecule has 1 rings (SSSR count). The maximum atomic E-state index is 5.93. The zero-order valence-electron chi connectivity index (χ0n) is 8.46. The van der Waals surface area contributed by atoms with Crippen LogP contribution in [0.1, 0.15) is 32.1 Å². The summed E-state index contributed by atoms with van der Waals surface area (Å²) in [6, 6.07) is 0. The summed E-state index contributed by atoms with van der Waals surface area (Å²) in [6.07, 6.45) is 8.68. The summed E-state index contributed by atoms with van der Waals surface area (Å²) in [4.78, 5) is 4.41. The van der Waals surface area contributed by atoms with Crippen LogP contribution in [0.4, 0.5) is 0 Å². The summed E-state index contributed by atoms with van der Waals surface area (Å²) >= 11 is 1.83. The molecular formula is C10H20N2S. The maximum Gasteiger partial charge on any atom is 0.0968 e. The van der Waals surface area contributed by atoms with E-state index in [2.05, 4.69) is 11.2 Å². The van der Waals surface area contributed by atoms with Gasteiger partial charge in [-0.1, -0.05) is 19.3 Å². The molecule has 0 aliphatic heterocycles. The van der Waals surface area contributed by atoms with E-state index in [-0.39, 0.29) is 0 Å². The van der Waals surface area contributed by atoms with Gasteiger partial charge in [-0.3, -0.25) is 4.99 Å². The van der Waals surface area contributed by atoms with Crippen molar-refractivity contribution < 1.29 is 0 Å². The predicted molar refractivity (Wildman–Crippen MR) is 61.4 cm³/mol. The Morgan fingerprint density at radius 1 is 1.38 bits per heavy atom. The highest BCUT2D eigenvalue weighted by molar-refractivity contribution is 7.98. The standard InChI is InChI=1S/C10H20N2S/c1-13-8-7-12-10(11)9-5-3-2-4-6-9/h9H,2-8H2,1H3,(H2,11,12). The second-order valence-corrected chi connectivity index (χ2v) is 4.62. The molecule has 0 aromatic carbocycles. The first-order valence-corrected chi connectivity index (χ1v) is 6.52. The smallest absolute Gasteiger partial charge is 0.0968 e. The van der Waals surface area contributed by atoms with Gasteiger partial charge >= 0.3 is 0 Å². The summed E-state index contributed by atoms with van der Waals surface area (Å²) in [5, 5.41) is 0. The molecule has 1 fully saturated rings. The molecule has 0 saturated heterocycles. The normalized spacial score (nSPS) is 20.5. The van der Waals surface area contributed by atoms with Gasteiger partial charge in [-0.25, -0.2) is 0 Å². The van der Waals surface area contributed by atoms with E-state index in [9.17, 15) is 0 Å². The molecule has 1 aliphatic rings. The lowest BCUT2D eigenvalue weighted by Crippen LogP contribution is -2.26. The molecule has 0 bridgehead atoms. The Morgan fingerprint density at radius 2 is 2.08 bits per heavy atom. The number of nitrogens with zero attached hydrogens (tertiary/aromatic N) is 1. The summed E-state index contributed by atoms with van der Waals surface area (Å²) in [5.74, 6) is 2.59. The highest BCUT2D eigenvalue weighted by atomic mass is 32.2. The van der Waals surface area contributed by atoms with Crippen molar-refractivity contribution in [3.8, 4) is 0 Å². The number of hydrogen-bond acceptors (Lipinski definition) is 2. The number of nitrogens with two attached hydrogens (primary N) is 1. The van der Waals surface area contributed by atoms with E-state index in [1.807, 2.05) is 11.8 Å². The number of thioether (sulfide) groups is 1. The summed E-state index contributed by atoms with van der Waals surface area (Å²) in [6.45, 7) is 0.892. The van der Waals surface area contributed by atoms with Gasteiger partial charge in [0.25, 0.3) is 0 Å². The van der Waals surface area contributed by atoms with E-state index in [4.69, 9.17) is 5.73 Å². The molecule has 1 aliphatic carbocycles. The average molecular weight is 200 g/mol. The number of amidine groups is 1. The van der Waals surface area contributed by atoms with Gasteiger partial charge in [0.15, 0.2) is 0 Å². The molecule has 3 heteroatoms. The highest BCUT2D eigenvalue weighted by Crippen LogP contribution is 2.23. The third-order valence-electron chi connectivity index (χ3n) is 2.61. The average Bonchev–Trinajstić information content (AvgIpc) is 2.19. The Bertz CT molecular complexity index is 162. The molecule has 0 heterocycles. The quantitative estimate of drug-likeness (QED) is 0.429. The molecule has 2 nitrogen and oxygen atoms in total. The monoisotopic (exact) mass is 200 g/mol. The molecule has 13 heavy (non-hydrogen) atoms. The second-order valence-electron chi connectivity index (χ2n) is 3.63. The first-order chi connectivity index (χ1) is 6.34. The lowest BCUT2D eigenvalue weighted by molar-refractivity contribution is 0.436. The summed E-state index contributed by atoms with van der Waals surface area (Å²) < 4.78 is 0. The molecule has 0 aromatic rings. The van der Waals surface area contributed by atoms with Crippen molar-refractivity contribution in [2.24, 2.45) is 16.6 Å². The maximum absolute atomic E-state index is 5.93. The zero-order valence-corrected chi connectivity index (χ0v) is 9.28. The number of rotatable bonds is 4. The van der Waals surface area contributed by atoms with Gasteiger partial charge in [0.2, 0.25) is 0 Å². The third kappa shape index (κ3) is 4.03. The lowest BCUT2D eigenvalue weighted by Gasteiger charge is -2.20. The predicted octanol–water partition coefficient (Wildman–Crippen LogP) is 2.29. The Labute approximate surface area is 85.4 Å². The first-order valence-electron chi connectivity index (χ1n) is 5.13. The van der Waals surface area contributed by atoms with Crippen LogP contribution in [-0.4, -0.2) is 24.4 Å². The van der Waals surface area contributed by atoms with Gasteiger partial charge in [0.05, 0.1) is 5.84 Å². The SMILES string of the molecule is CSCCN=C(N)C1CCCCC1. The van der Waals surface area contributed by atoms with Gasteiger partial charge < -0.3 is 5.73 Å². The van der Waals surface area contributed by atoms with Gasteiger partial charge in [0, 0.05) is 18.2 Å².